The number of rotatable bonds is 2. The number of hydrogen-bond donors (Lipinski definition) is 5. The minimum absolute atomic E-state index is 2.06. The molecule has 11 heteroatoms. The molecule has 0 saturated carbocycles. The Labute approximate surface area is 61.4 Å². The summed E-state index contributed by atoms with van der Waals surface area (Å²) in [6.45, 7) is 0. The number of hydrogen-bond acceptors (Lipinski definition) is 8. The van der Waals surface area contributed by atoms with Gasteiger partial charge in [-0.1, -0.05) is 4.33 Å². The molecule has 11 heavy (non-hydrogen) atoms. The van der Waals surface area contributed by atoms with E-state index in [-0.39, 0.29) is 0 Å². The van der Waals surface area contributed by atoms with Crippen molar-refractivity contribution in [2.24, 2.45) is 0 Å². The first kappa shape index (κ1) is 13.3. The van der Waals surface area contributed by atoms with E-state index in [0.717, 1.165) is 0 Å². The fourth-order valence-corrected chi connectivity index (χ4v) is 0. The average molecular weight is 192 g/mol. The minimum atomic E-state index is -4.61. The topological polar surface area (TPSA) is 154 Å². The van der Waals surface area contributed by atoms with Crippen LogP contribution in [0.25, 0.3) is 0 Å². The molecule has 0 aliphatic carbocycles. The predicted molar refractivity (Wildman–Crippen MR) is 29.2 cm³/mol. The molecule has 0 bridgehead atoms. The third-order valence-corrected chi connectivity index (χ3v) is 0.377. The van der Waals surface area contributed by atoms with Crippen molar-refractivity contribution in [1.82, 2.24) is 0 Å². The zero-order valence-electron chi connectivity index (χ0n) is 4.85. The SMILES string of the molecule is O=S(=O)(O)OO.OOB(O)O. The van der Waals surface area contributed by atoms with E-state index in [1.54, 1.807) is 0 Å². The second-order valence-electron chi connectivity index (χ2n) is 0.934. The maximum Gasteiger partial charge on any atom is 0.662 e. The summed E-state index contributed by atoms with van der Waals surface area (Å²) in [6.07, 6.45) is 0. The van der Waals surface area contributed by atoms with Crippen molar-refractivity contribution in [1.29, 1.82) is 0 Å². The third kappa shape index (κ3) is 26.0. The summed E-state index contributed by atoms with van der Waals surface area (Å²) in [6, 6.07) is 0. The van der Waals surface area contributed by atoms with Crippen LogP contribution in [0.4, 0.5) is 0 Å². The van der Waals surface area contributed by atoms with Crippen LogP contribution in [-0.4, -0.2) is 40.9 Å². The van der Waals surface area contributed by atoms with Gasteiger partial charge in [-0.2, -0.15) is 8.42 Å². The van der Waals surface area contributed by atoms with E-state index in [1.165, 1.54) is 0 Å². The fourth-order valence-electron chi connectivity index (χ4n) is 0. The molecule has 0 spiro atoms. The van der Waals surface area contributed by atoms with Crippen LogP contribution in [0.2, 0.25) is 0 Å². The van der Waals surface area contributed by atoms with E-state index in [1.807, 2.05) is 0 Å². The molecule has 0 rings (SSSR count). The molecule has 0 aromatic rings. The van der Waals surface area contributed by atoms with Crippen LogP contribution < -0.4 is 0 Å². The van der Waals surface area contributed by atoms with Gasteiger partial charge in [0, 0.05) is 0 Å². The molecule has 0 radical (unpaired) electrons. The summed E-state index contributed by atoms with van der Waals surface area (Å²) in [5.41, 5.74) is 0. The summed E-state index contributed by atoms with van der Waals surface area (Å²) in [5.74, 6) is 0. The highest BCUT2D eigenvalue weighted by molar-refractivity contribution is 7.80. The van der Waals surface area contributed by atoms with Crippen molar-refractivity contribution >= 4 is 17.7 Å². The lowest BCUT2D eigenvalue weighted by molar-refractivity contribution is -0.173. The van der Waals surface area contributed by atoms with Crippen LogP contribution in [0.1, 0.15) is 0 Å². The van der Waals surface area contributed by atoms with E-state index >= 15 is 0 Å². The van der Waals surface area contributed by atoms with Gasteiger partial charge in [-0.15, -0.1) is 0 Å². The molecule has 0 aliphatic heterocycles. The molecule has 0 aliphatic rings. The van der Waals surface area contributed by atoms with E-state index in [2.05, 4.69) is 9.14 Å². The second kappa shape index (κ2) is 6.45. The molecule has 5 N–H and O–H groups in total. The average Bonchev–Trinajstić information content (AvgIpc) is 1.88. The van der Waals surface area contributed by atoms with E-state index in [9.17, 15) is 0 Å². The summed E-state index contributed by atoms with van der Waals surface area (Å²) < 4.78 is 28.0. The maximum atomic E-state index is 9.08. The van der Waals surface area contributed by atoms with Gasteiger partial charge in [0.05, 0.1) is 0 Å². The normalized spacial score (nSPS) is 9.91. The van der Waals surface area contributed by atoms with Gasteiger partial charge < -0.3 is 10.0 Å². The predicted octanol–water partition coefficient (Wildman–Crippen LogP) is -2.28. The van der Waals surface area contributed by atoms with Gasteiger partial charge in [0.2, 0.25) is 0 Å². The highest BCUT2D eigenvalue weighted by Crippen LogP contribution is 1.74. The Morgan fingerprint density at radius 3 is 1.36 bits per heavy atom. The molecule has 0 aromatic carbocycles. The summed E-state index contributed by atoms with van der Waals surface area (Å²) in [5, 5.41) is 29.1. The highest BCUT2D eigenvalue weighted by Gasteiger charge is 2.03. The molecule has 0 saturated heterocycles. The molecule has 0 unspecified atom stereocenters. The Kier molecular flexibility index (Phi) is 7.81. The van der Waals surface area contributed by atoms with Crippen molar-refractivity contribution in [2.75, 3.05) is 0 Å². The zero-order chi connectivity index (χ0) is 9.49. The van der Waals surface area contributed by atoms with Crippen LogP contribution >= 0.6 is 0 Å². The molecular weight excluding hydrogens is 187 g/mol. The Hall–Kier alpha value is -0.265. The molecule has 0 amide bonds. The van der Waals surface area contributed by atoms with Crippen LogP contribution in [-0.2, 0) is 19.5 Å². The van der Waals surface area contributed by atoms with Crippen molar-refractivity contribution in [3.63, 3.8) is 0 Å². The lowest BCUT2D eigenvalue weighted by Gasteiger charge is -1.82. The van der Waals surface area contributed by atoms with Gasteiger partial charge in [0.1, 0.15) is 0 Å². The lowest BCUT2D eigenvalue weighted by Crippen LogP contribution is -2.13. The molecule has 0 atom stereocenters. The van der Waals surface area contributed by atoms with Crippen LogP contribution in [0, 0.1) is 0 Å². The van der Waals surface area contributed by atoms with E-state index in [0.29, 0.717) is 0 Å². The zero-order valence-corrected chi connectivity index (χ0v) is 5.67. The Balaban J connectivity index is 0. The van der Waals surface area contributed by atoms with Gasteiger partial charge >= 0.3 is 17.7 Å². The van der Waals surface area contributed by atoms with Gasteiger partial charge in [0.25, 0.3) is 0 Å². The molecule has 9 nitrogen and oxygen atoms in total. The first-order valence-electron chi connectivity index (χ1n) is 1.80. The Bertz CT molecular complexity index is 154. The van der Waals surface area contributed by atoms with Crippen molar-refractivity contribution in [2.45, 2.75) is 0 Å². The molecule has 68 valence electrons. The van der Waals surface area contributed by atoms with E-state index in [4.69, 9.17) is 33.5 Å². The Morgan fingerprint density at radius 1 is 1.18 bits per heavy atom. The van der Waals surface area contributed by atoms with Gasteiger partial charge in [-0.25, -0.2) is 10.1 Å². The van der Waals surface area contributed by atoms with Crippen LogP contribution in [0.5, 0.6) is 0 Å². The van der Waals surface area contributed by atoms with E-state index < -0.39 is 17.7 Å². The molecule has 0 heterocycles. The van der Waals surface area contributed by atoms with Crippen LogP contribution in [0.3, 0.4) is 0 Å². The van der Waals surface area contributed by atoms with Crippen LogP contribution in [0.15, 0.2) is 0 Å². The molecular formula is H5BO9S. The van der Waals surface area contributed by atoms with Crippen molar-refractivity contribution in [3.05, 3.63) is 0 Å². The quantitative estimate of drug-likeness (QED) is 0.141. The first-order valence-corrected chi connectivity index (χ1v) is 3.16. The fraction of sp³-hybridized carbons (Fsp3) is 0. The van der Waals surface area contributed by atoms with Gasteiger partial charge in [-0.3, -0.25) is 9.81 Å². The monoisotopic (exact) mass is 192 g/mol. The highest BCUT2D eigenvalue weighted by atomic mass is 32.3. The standard InChI is InChI=1S/BH3O4.H2O5S/c2-1(3)5-4;1-5-6(2,3)4/h2-4H;1H,(H,2,3,4). The molecule has 0 fully saturated rings. The summed E-state index contributed by atoms with van der Waals surface area (Å²) in [7, 11) is -6.67. The van der Waals surface area contributed by atoms with Crippen molar-refractivity contribution in [3.8, 4) is 0 Å². The summed E-state index contributed by atoms with van der Waals surface area (Å²) >= 11 is 0. The van der Waals surface area contributed by atoms with Crippen molar-refractivity contribution < 1.29 is 42.7 Å². The van der Waals surface area contributed by atoms with Gasteiger partial charge in [-0.05, 0) is 0 Å². The first-order chi connectivity index (χ1) is 4.83. The largest absolute Gasteiger partial charge is 0.662 e. The van der Waals surface area contributed by atoms with Gasteiger partial charge in [0.15, 0.2) is 0 Å². The lowest BCUT2D eigenvalue weighted by atomic mass is 10.3. The second-order valence-corrected chi connectivity index (χ2v) is 1.94. The molecule has 0 aromatic heterocycles. The maximum absolute atomic E-state index is 9.08. The summed E-state index contributed by atoms with van der Waals surface area (Å²) in [4.78, 5) is 2.86. The minimum Gasteiger partial charge on any atom is -0.400 e. The third-order valence-electron chi connectivity index (χ3n) is 0.188. The smallest absolute Gasteiger partial charge is 0.400 e. The Morgan fingerprint density at radius 2 is 1.36 bits per heavy atom.